The SMILES string of the molecule is COC(=O)c1ccccc1S(=O)(=O)NCC(F)F. The maximum Gasteiger partial charge on any atom is 0.339 e. The van der Waals surface area contributed by atoms with Gasteiger partial charge < -0.3 is 4.74 Å². The molecule has 0 fully saturated rings. The van der Waals surface area contributed by atoms with Gasteiger partial charge in [0, 0.05) is 0 Å². The Morgan fingerprint density at radius 2 is 2.00 bits per heavy atom. The lowest BCUT2D eigenvalue weighted by Crippen LogP contribution is -2.30. The summed E-state index contributed by atoms with van der Waals surface area (Å²) in [7, 11) is -3.08. The van der Waals surface area contributed by atoms with E-state index in [-0.39, 0.29) is 5.56 Å². The molecule has 0 amide bonds. The highest BCUT2D eigenvalue weighted by molar-refractivity contribution is 7.89. The summed E-state index contributed by atoms with van der Waals surface area (Å²) in [5, 5.41) is 0. The van der Waals surface area contributed by atoms with E-state index in [4.69, 9.17) is 0 Å². The molecule has 0 aliphatic carbocycles. The maximum atomic E-state index is 12.0. The van der Waals surface area contributed by atoms with Crippen molar-refractivity contribution in [3.63, 3.8) is 0 Å². The van der Waals surface area contributed by atoms with Crippen LogP contribution in [0.1, 0.15) is 10.4 Å². The Hall–Kier alpha value is -1.54. The maximum absolute atomic E-state index is 12.0. The molecular weight excluding hydrogens is 268 g/mol. The van der Waals surface area contributed by atoms with Crippen LogP contribution in [0.3, 0.4) is 0 Å². The lowest BCUT2D eigenvalue weighted by molar-refractivity contribution is 0.0596. The first-order valence-electron chi connectivity index (χ1n) is 4.83. The average Bonchev–Trinajstić information content (AvgIpc) is 2.35. The lowest BCUT2D eigenvalue weighted by atomic mass is 10.2. The summed E-state index contributed by atoms with van der Waals surface area (Å²) in [6.07, 6.45) is -2.81. The highest BCUT2D eigenvalue weighted by atomic mass is 32.2. The minimum atomic E-state index is -4.17. The zero-order valence-electron chi connectivity index (χ0n) is 9.39. The Balaban J connectivity index is 3.12. The van der Waals surface area contributed by atoms with Crippen LogP contribution in [0.2, 0.25) is 0 Å². The van der Waals surface area contributed by atoms with E-state index in [0.717, 1.165) is 13.2 Å². The van der Waals surface area contributed by atoms with Gasteiger partial charge in [-0.25, -0.2) is 26.7 Å². The minimum Gasteiger partial charge on any atom is -0.465 e. The van der Waals surface area contributed by atoms with Crippen LogP contribution in [0.15, 0.2) is 29.2 Å². The van der Waals surface area contributed by atoms with Gasteiger partial charge in [0.05, 0.1) is 24.1 Å². The van der Waals surface area contributed by atoms with Crippen molar-refractivity contribution in [2.75, 3.05) is 13.7 Å². The third-order valence-corrected chi connectivity index (χ3v) is 3.49. The van der Waals surface area contributed by atoms with Crippen molar-refractivity contribution < 1.29 is 26.7 Å². The standard InChI is InChI=1S/C10H11F2NO4S/c1-17-10(14)7-4-2-3-5-8(7)18(15,16)13-6-9(11)12/h2-5,9,13H,6H2,1H3. The van der Waals surface area contributed by atoms with Crippen molar-refractivity contribution in [2.24, 2.45) is 0 Å². The van der Waals surface area contributed by atoms with E-state index >= 15 is 0 Å². The zero-order chi connectivity index (χ0) is 13.8. The number of carbonyl (C=O) groups excluding carboxylic acids is 1. The predicted molar refractivity (Wildman–Crippen MR) is 59.0 cm³/mol. The van der Waals surface area contributed by atoms with Gasteiger partial charge in [0.2, 0.25) is 10.0 Å². The predicted octanol–water partition coefficient (Wildman–Crippen LogP) is 1.02. The molecule has 0 aromatic heterocycles. The summed E-state index contributed by atoms with van der Waals surface area (Å²) in [6, 6.07) is 5.20. The zero-order valence-corrected chi connectivity index (χ0v) is 10.2. The quantitative estimate of drug-likeness (QED) is 0.817. The fourth-order valence-electron chi connectivity index (χ4n) is 1.23. The van der Waals surface area contributed by atoms with Gasteiger partial charge in [-0.1, -0.05) is 12.1 Å². The van der Waals surface area contributed by atoms with Crippen molar-refractivity contribution in [1.29, 1.82) is 0 Å². The number of alkyl halides is 2. The summed E-state index contributed by atoms with van der Waals surface area (Å²) in [6.45, 7) is -1.02. The van der Waals surface area contributed by atoms with Crippen LogP contribution >= 0.6 is 0 Å². The number of halogens is 2. The molecule has 0 bridgehead atoms. The third-order valence-electron chi connectivity index (χ3n) is 2.01. The van der Waals surface area contributed by atoms with Crippen LogP contribution in [0.25, 0.3) is 0 Å². The number of rotatable bonds is 5. The van der Waals surface area contributed by atoms with Crippen molar-refractivity contribution >= 4 is 16.0 Å². The molecule has 0 saturated heterocycles. The van der Waals surface area contributed by atoms with Crippen LogP contribution in [-0.4, -0.2) is 34.5 Å². The van der Waals surface area contributed by atoms with E-state index in [2.05, 4.69) is 4.74 Å². The van der Waals surface area contributed by atoms with Crippen molar-refractivity contribution in [2.45, 2.75) is 11.3 Å². The van der Waals surface area contributed by atoms with Gasteiger partial charge in [-0.2, -0.15) is 0 Å². The van der Waals surface area contributed by atoms with Crippen LogP contribution in [0, 0.1) is 0 Å². The smallest absolute Gasteiger partial charge is 0.339 e. The number of esters is 1. The summed E-state index contributed by atoms with van der Waals surface area (Å²) < 4.78 is 53.6. The van der Waals surface area contributed by atoms with E-state index in [1.165, 1.54) is 18.2 Å². The highest BCUT2D eigenvalue weighted by Gasteiger charge is 2.23. The fraction of sp³-hybridized carbons (Fsp3) is 0.300. The molecule has 0 atom stereocenters. The first-order chi connectivity index (χ1) is 8.38. The molecule has 0 aliphatic rings. The average molecular weight is 279 g/mol. The van der Waals surface area contributed by atoms with Crippen LogP contribution in [0.4, 0.5) is 8.78 Å². The van der Waals surface area contributed by atoms with Gasteiger partial charge in [-0.15, -0.1) is 0 Å². The molecule has 0 saturated carbocycles. The molecule has 1 N–H and O–H groups in total. The van der Waals surface area contributed by atoms with Crippen LogP contribution < -0.4 is 4.72 Å². The molecule has 0 heterocycles. The molecule has 1 rings (SSSR count). The Bertz CT molecular complexity index is 530. The van der Waals surface area contributed by atoms with E-state index < -0.39 is 33.9 Å². The lowest BCUT2D eigenvalue weighted by Gasteiger charge is -2.09. The molecule has 18 heavy (non-hydrogen) atoms. The van der Waals surface area contributed by atoms with Gasteiger partial charge >= 0.3 is 5.97 Å². The number of benzene rings is 1. The van der Waals surface area contributed by atoms with Gasteiger partial charge in [0.15, 0.2) is 0 Å². The van der Waals surface area contributed by atoms with Gasteiger partial charge in [0.25, 0.3) is 6.43 Å². The summed E-state index contributed by atoms with van der Waals surface area (Å²) in [5.74, 6) is -0.854. The molecule has 8 heteroatoms. The molecule has 0 unspecified atom stereocenters. The molecule has 1 aromatic rings. The molecule has 0 radical (unpaired) electrons. The number of carbonyl (C=O) groups is 1. The fourth-order valence-corrected chi connectivity index (χ4v) is 2.43. The Morgan fingerprint density at radius 3 is 2.56 bits per heavy atom. The van der Waals surface area contributed by atoms with E-state index in [1.807, 2.05) is 0 Å². The monoisotopic (exact) mass is 279 g/mol. The number of hydrogen-bond donors (Lipinski definition) is 1. The van der Waals surface area contributed by atoms with Crippen molar-refractivity contribution in [3.05, 3.63) is 29.8 Å². The third kappa shape index (κ3) is 3.47. The topological polar surface area (TPSA) is 72.5 Å². The largest absolute Gasteiger partial charge is 0.465 e. The molecule has 100 valence electrons. The van der Waals surface area contributed by atoms with Gasteiger partial charge in [0.1, 0.15) is 0 Å². The van der Waals surface area contributed by atoms with E-state index in [1.54, 1.807) is 4.72 Å². The first kappa shape index (κ1) is 14.5. The van der Waals surface area contributed by atoms with Crippen LogP contribution in [0.5, 0.6) is 0 Å². The number of methoxy groups -OCH3 is 1. The van der Waals surface area contributed by atoms with E-state index in [0.29, 0.717) is 0 Å². The second-order valence-electron chi connectivity index (χ2n) is 3.23. The number of sulfonamides is 1. The normalized spacial score (nSPS) is 11.6. The van der Waals surface area contributed by atoms with Crippen LogP contribution in [-0.2, 0) is 14.8 Å². The van der Waals surface area contributed by atoms with Crippen molar-refractivity contribution in [1.82, 2.24) is 4.72 Å². The Morgan fingerprint density at radius 1 is 1.39 bits per heavy atom. The van der Waals surface area contributed by atoms with Gasteiger partial charge in [-0.3, -0.25) is 0 Å². The number of ether oxygens (including phenoxy) is 1. The Labute approximate surface area is 103 Å². The van der Waals surface area contributed by atoms with Gasteiger partial charge in [-0.05, 0) is 12.1 Å². The second-order valence-corrected chi connectivity index (χ2v) is 4.97. The Kier molecular flexibility index (Phi) is 4.74. The molecule has 0 spiro atoms. The minimum absolute atomic E-state index is 0.207. The molecule has 5 nitrogen and oxygen atoms in total. The molecular formula is C10H11F2NO4S. The number of nitrogens with one attached hydrogen (secondary N) is 1. The molecule has 0 aliphatic heterocycles. The number of hydrogen-bond acceptors (Lipinski definition) is 4. The summed E-state index contributed by atoms with van der Waals surface area (Å²) in [4.78, 5) is 11.0. The van der Waals surface area contributed by atoms with Crippen molar-refractivity contribution in [3.8, 4) is 0 Å². The highest BCUT2D eigenvalue weighted by Crippen LogP contribution is 2.16. The molecule has 1 aromatic carbocycles. The summed E-state index contributed by atoms with van der Waals surface area (Å²) >= 11 is 0. The summed E-state index contributed by atoms with van der Waals surface area (Å²) in [5.41, 5.74) is -0.207. The first-order valence-corrected chi connectivity index (χ1v) is 6.32. The van der Waals surface area contributed by atoms with E-state index in [9.17, 15) is 22.0 Å². The second kappa shape index (κ2) is 5.87.